The minimum atomic E-state index is -2.79. The second kappa shape index (κ2) is 15.5. The van der Waals surface area contributed by atoms with E-state index in [0.717, 1.165) is 40.0 Å². The second-order valence-corrected chi connectivity index (χ2v) is 21.3. The van der Waals surface area contributed by atoms with Crippen LogP contribution in [0.5, 0.6) is 0 Å². The number of aromatic nitrogens is 3. The third-order valence-electron chi connectivity index (χ3n) is 14.0. The minimum Gasteiger partial charge on any atom is -0.366 e. The summed E-state index contributed by atoms with van der Waals surface area (Å²) in [5.74, 6) is 3.18. The fourth-order valence-electron chi connectivity index (χ4n) is 11.2. The van der Waals surface area contributed by atoms with Crippen molar-refractivity contribution in [1.29, 1.82) is 0 Å². The van der Waals surface area contributed by atoms with Gasteiger partial charge in [0.1, 0.15) is 5.82 Å². The maximum Gasteiger partial charge on any atom is 0.179 e. The van der Waals surface area contributed by atoms with E-state index in [0.29, 0.717) is 17.9 Å². The van der Waals surface area contributed by atoms with Gasteiger partial charge in [-0.1, -0.05) is 177 Å². The van der Waals surface area contributed by atoms with Crippen molar-refractivity contribution in [2.75, 3.05) is 4.90 Å². The van der Waals surface area contributed by atoms with E-state index in [1.165, 1.54) is 68.4 Å². The zero-order chi connectivity index (χ0) is 40.9. The average molecular weight is 807 g/mol. The van der Waals surface area contributed by atoms with E-state index in [-0.39, 0.29) is 0 Å². The van der Waals surface area contributed by atoms with Crippen molar-refractivity contribution in [3.05, 3.63) is 194 Å². The summed E-state index contributed by atoms with van der Waals surface area (Å²) in [6.07, 6.45) is 5.15. The molecule has 0 amide bonds. The molecule has 3 fully saturated rings. The lowest BCUT2D eigenvalue weighted by molar-refractivity contribution is 0.252. The van der Waals surface area contributed by atoms with Gasteiger partial charge in [-0.3, -0.25) is 4.57 Å². The van der Waals surface area contributed by atoms with Crippen LogP contribution in [-0.4, -0.2) is 34.7 Å². The van der Waals surface area contributed by atoms with Crippen LogP contribution in [0.3, 0.4) is 0 Å². The van der Waals surface area contributed by atoms with E-state index < -0.39 is 8.07 Å². The van der Waals surface area contributed by atoms with Crippen molar-refractivity contribution in [2.24, 2.45) is 11.8 Å². The lowest BCUT2D eigenvalue weighted by Crippen LogP contribution is -2.74. The predicted molar refractivity (Wildman–Crippen MR) is 258 cm³/mol. The highest BCUT2D eigenvalue weighted by Crippen LogP contribution is 2.44. The topological polar surface area (TPSA) is 34.0 Å². The van der Waals surface area contributed by atoms with Crippen LogP contribution < -0.4 is 25.6 Å². The summed E-state index contributed by atoms with van der Waals surface area (Å²) in [4.78, 5) is 13.8. The van der Waals surface area contributed by atoms with E-state index >= 15 is 0 Å². The number of fused-ring (bicyclic) bond motifs is 7. The lowest BCUT2D eigenvalue weighted by Gasteiger charge is -2.37. The van der Waals surface area contributed by atoms with Crippen LogP contribution in [0.25, 0.3) is 50.3 Å². The normalized spacial score (nSPS) is 19.0. The van der Waals surface area contributed by atoms with Crippen molar-refractivity contribution in [3.63, 3.8) is 0 Å². The Morgan fingerprint density at radius 2 is 1.08 bits per heavy atom. The third kappa shape index (κ3) is 6.42. The number of para-hydroxylation sites is 1. The largest absolute Gasteiger partial charge is 0.366 e. The molecule has 61 heavy (non-hydrogen) atoms. The maximum atomic E-state index is 5.59. The quantitative estimate of drug-likeness (QED) is 0.113. The van der Waals surface area contributed by atoms with Crippen LogP contribution >= 0.6 is 0 Å². The molecule has 9 aromatic rings. The number of nitrogens with zero attached hydrogens (tertiary/aromatic N) is 4. The molecule has 0 spiro atoms. The smallest absolute Gasteiger partial charge is 0.179 e. The van der Waals surface area contributed by atoms with Crippen molar-refractivity contribution in [1.82, 2.24) is 14.5 Å². The van der Waals surface area contributed by atoms with Gasteiger partial charge in [0, 0.05) is 45.7 Å². The predicted octanol–water partition coefficient (Wildman–Crippen LogP) is 10.7. The van der Waals surface area contributed by atoms with Gasteiger partial charge in [0.2, 0.25) is 0 Å². The molecule has 0 N–H and O–H groups in total. The monoisotopic (exact) mass is 806 g/mol. The zero-order valence-electron chi connectivity index (χ0n) is 34.9. The van der Waals surface area contributed by atoms with Crippen LogP contribution in [0.2, 0.25) is 0 Å². The average Bonchev–Trinajstić information content (AvgIpc) is 3.48. The van der Waals surface area contributed by atoms with Crippen LogP contribution in [0, 0.1) is 11.8 Å². The van der Waals surface area contributed by atoms with Crippen LogP contribution in [-0.2, 0) is 0 Å². The van der Waals surface area contributed by atoms with Crippen LogP contribution in [0.15, 0.2) is 194 Å². The summed E-state index contributed by atoms with van der Waals surface area (Å²) in [6.45, 7) is 4.93. The number of anilines is 1. The van der Waals surface area contributed by atoms with Crippen LogP contribution in [0.1, 0.15) is 39.5 Å². The number of hydrogen-bond acceptors (Lipinski definition) is 3. The summed E-state index contributed by atoms with van der Waals surface area (Å²) in [6, 6.07) is 72.3. The maximum absolute atomic E-state index is 5.59. The Bertz CT molecular complexity index is 2890. The zero-order valence-corrected chi connectivity index (χ0v) is 35.9. The van der Waals surface area contributed by atoms with Gasteiger partial charge >= 0.3 is 0 Å². The van der Waals surface area contributed by atoms with E-state index in [4.69, 9.17) is 9.97 Å². The van der Waals surface area contributed by atoms with E-state index in [2.05, 4.69) is 217 Å². The fraction of sp³-hybridized carbons (Fsp3) is 0.179. The Kier molecular flexibility index (Phi) is 9.50. The molecule has 1 saturated carbocycles. The first-order chi connectivity index (χ1) is 30.1. The Morgan fingerprint density at radius 3 is 1.75 bits per heavy atom. The van der Waals surface area contributed by atoms with Gasteiger partial charge in [-0.15, -0.1) is 0 Å². The molecule has 298 valence electrons. The molecule has 2 aromatic heterocycles. The number of rotatable bonds is 8. The first-order valence-corrected chi connectivity index (χ1v) is 24.1. The van der Waals surface area contributed by atoms with Gasteiger partial charge in [-0.25, -0.2) is 9.97 Å². The third-order valence-corrected chi connectivity index (χ3v) is 18.7. The summed E-state index contributed by atoms with van der Waals surface area (Å²) in [5, 5.41) is 7.78. The summed E-state index contributed by atoms with van der Waals surface area (Å²) >= 11 is 0. The first-order valence-electron chi connectivity index (χ1n) is 22.1. The highest BCUT2D eigenvalue weighted by atomic mass is 28.3. The molecule has 2 aliphatic heterocycles. The van der Waals surface area contributed by atoms with E-state index in [1.54, 1.807) is 0 Å². The number of hydrogen-bond donors (Lipinski definition) is 0. The highest BCUT2D eigenvalue weighted by Gasteiger charge is 2.42. The molecule has 3 aliphatic rings. The molecule has 4 nitrogen and oxygen atoms in total. The van der Waals surface area contributed by atoms with Gasteiger partial charge < -0.3 is 4.90 Å². The van der Waals surface area contributed by atoms with Gasteiger partial charge in [0.15, 0.2) is 13.9 Å². The van der Waals surface area contributed by atoms with E-state index in [9.17, 15) is 0 Å². The molecule has 4 atom stereocenters. The molecule has 4 unspecified atom stereocenters. The van der Waals surface area contributed by atoms with Crippen molar-refractivity contribution < 1.29 is 0 Å². The Morgan fingerprint density at radius 1 is 0.492 bits per heavy atom. The Hall–Kier alpha value is -6.56. The molecule has 1 aliphatic carbocycles. The minimum absolute atomic E-state index is 0.499. The van der Waals surface area contributed by atoms with Gasteiger partial charge in [-0.05, 0) is 83.4 Å². The van der Waals surface area contributed by atoms with E-state index in [1.807, 2.05) is 0 Å². The fourth-order valence-corrected chi connectivity index (χ4v) is 16.0. The first kappa shape index (κ1) is 37.4. The Labute approximate surface area is 360 Å². The highest BCUT2D eigenvalue weighted by molar-refractivity contribution is 7.19. The lowest BCUT2D eigenvalue weighted by atomic mass is 9.78. The summed E-state index contributed by atoms with van der Waals surface area (Å²) in [7, 11) is -2.79. The van der Waals surface area contributed by atoms with Crippen molar-refractivity contribution in [2.45, 2.75) is 51.6 Å². The standard InChI is InChI=1S/C56H50N4Si/c1-39-34-44-31-30-42(39)35-40(2)59(44)45-32-33-51-50-28-15-16-29-53(50)60(54(51)37-45)55-38-52(41-18-7-3-8-19-41)57-56(58-55)43-20-17-27-49(36-43)61(46-21-9-4-10-22-46,47-23-11-5-12-24-47)48-25-13-6-14-26-48/h3-29,32-33,36-40,42,44H,30-31,34-35H2,1-2H3. The second-order valence-electron chi connectivity index (χ2n) is 17.5. The molecule has 4 heterocycles. The molecule has 5 heteroatoms. The molecule has 0 radical (unpaired) electrons. The molecular weight excluding hydrogens is 757 g/mol. The molecule has 12 rings (SSSR count). The SMILES string of the molecule is CC1CC2CCC1CC(C)N2c1ccc2c3ccccc3n(-c3cc(-c4ccccc4)nc(-c4cccc([Si](c5ccccc5)(c5ccccc5)c5ccccc5)c4)n3)c2c1. The summed E-state index contributed by atoms with van der Waals surface area (Å²) < 4.78 is 2.40. The van der Waals surface area contributed by atoms with Crippen LogP contribution in [0.4, 0.5) is 5.69 Å². The molecule has 7 aromatic carbocycles. The van der Waals surface area contributed by atoms with Gasteiger partial charge in [0.25, 0.3) is 0 Å². The van der Waals surface area contributed by atoms with Crippen molar-refractivity contribution >= 4 is 56.3 Å². The molecule has 2 saturated heterocycles. The molecular formula is C56H50N4Si. The van der Waals surface area contributed by atoms with Gasteiger partial charge in [-0.2, -0.15) is 0 Å². The Balaban J connectivity index is 1.14. The van der Waals surface area contributed by atoms with Gasteiger partial charge in [0.05, 0.1) is 16.7 Å². The van der Waals surface area contributed by atoms with Crippen molar-refractivity contribution in [3.8, 4) is 28.5 Å². The summed E-state index contributed by atoms with van der Waals surface area (Å²) in [5.41, 5.74) is 6.61. The molecule has 2 bridgehead atoms. The number of benzene rings is 7.